The third-order valence-corrected chi connectivity index (χ3v) is 4.87. The summed E-state index contributed by atoms with van der Waals surface area (Å²) in [7, 11) is 0. The van der Waals surface area contributed by atoms with Crippen molar-refractivity contribution < 1.29 is 4.90 Å². The van der Waals surface area contributed by atoms with Crippen molar-refractivity contribution in [3.63, 3.8) is 0 Å². The first-order valence-electron chi connectivity index (χ1n) is 6.89. The summed E-state index contributed by atoms with van der Waals surface area (Å²) in [6.07, 6.45) is 0. The first kappa shape index (κ1) is 13.9. The van der Waals surface area contributed by atoms with Crippen molar-refractivity contribution >= 4 is 24.0 Å². The summed E-state index contributed by atoms with van der Waals surface area (Å²) in [6, 6.07) is 8.40. The maximum atomic E-state index is 5.40. The molecule has 0 saturated carbocycles. The van der Waals surface area contributed by atoms with Gasteiger partial charge in [-0.2, -0.15) is 16.9 Å². The molecule has 1 aliphatic heterocycles. The number of hydrogen-bond donors (Lipinski definition) is 2. The van der Waals surface area contributed by atoms with Crippen molar-refractivity contribution in [2.24, 2.45) is 0 Å². The average molecular weight is 307 g/mol. The molecule has 0 atom stereocenters. The van der Waals surface area contributed by atoms with Crippen LogP contribution in [0, 0.1) is 11.7 Å². The zero-order valence-electron chi connectivity index (χ0n) is 11.6. The molecule has 106 valence electrons. The van der Waals surface area contributed by atoms with Gasteiger partial charge >= 0.3 is 0 Å². The molecule has 1 aliphatic rings. The second kappa shape index (κ2) is 6.11. The lowest BCUT2D eigenvalue weighted by molar-refractivity contribution is -0.910. The van der Waals surface area contributed by atoms with Crippen LogP contribution in [0.4, 0.5) is 0 Å². The number of H-pyrrole nitrogens is 1. The summed E-state index contributed by atoms with van der Waals surface area (Å²) >= 11 is 7.44. The lowest BCUT2D eigenvalue weighted by Crippen LogP contribution is -3.12. The summed E-state index contributed by atoms with van der Waals surface area (Å²) in [5, 5.41) is 7.38. The van der Waals surface area contributed by atoms with Crippen LogP contribution in [0.25, 0.3) is 5.69 Å². The van der Waals surface area contributed by atoms with E-state index >= 15 is 0 Å². The Labute approximate surface area is 128 Å². The molecular formula is C14H19N4S2+. The smallest absolute Gasteiger partial charge is 0.200 e. The van der Waals surface area contributed by atoms with E-state index in [4.69, 9.17) is 12.2 Å². The summed E-state index contributed by atoms with van der Waals surface area (Å²) in [5.74, 6) is 3.51. The maximum absolute atomic E-state index is 5.40. The van der Waals surface area contributed by atoms with Crippen molar-refractivity contribution in [3.05, 3.63) is 40.4 Å². The Kier molecular flexibility index (Phi) is 4.24. The van der Waals surface area contributed by atoms with Gasteiger partial charge in [-0.15, -0.1) is 0 Å². The van der Waals surface area contributed by atoms with Crippen LogP contribution in [0.1, 0.15) is 11.4 Å². The van der Waals surface area contributed by atoms with Gasteiger partial charge in [0.2, 0.25) is 0 Å². The predicted molar refractivity (Wildman–Crippen MR) is 85.2 cm³/mol. The van der Waals surface area contributed by atoms with Crippen molar-refractivity contribution in [1.29, 1.82) is 0 Å². The monoisotopic (exact) mass is 307 g/mol. The van der Waals surface area contributed by atoms with Crippen molar-refractivity contribution in [2.45, 2.75) is 13.5 Å². The van der Waals surface area contributed by atoms with Gasteiger partial charge < -0.3 is 4.90 Å². The van der Waals surface area contributed by atoms with E-state index in [1.807, 2.05) is 11.8 Å². The van der Waals surface area contributed by atoms with Crippen LogP contribution >= 0.6 is 24.0 Å². The molecule has 0 bridgehead atoms. The minimum absolute atomic E-state index is 0.677. The Balaban J connectivity index is 1.91. The number of quaternary nitrogens is 1. The standard InChI is InChI=1S/C14H18N4S2/c1-11-3-2-4-12(9-11)18-13(15-16-14(18)19)10-17-5-7-20-8-6-17/h2-4,9H,5-8,10H2,1H3,(H,16,19)/p+1. The highest BCUT2D eigenvalue weighted by molar-refractivity contribution is 7.99. The van der Waals surface area contributed by atoms with E-state index in [2.05, 4.69) is 46.0 Å². The first-order valence-corrected chi connectivity index (χ1v) is 8.45. The summed E-state index contributed by atoms with van der Waals surface area (Å²) in [6.45, 7) is 5.44. The number of nitrogens with zero attached hydrogens (tertiary/aromatic N) is 2. The zero-order chi connectivity index (χ0) is 13.9. The first-order chi connectivity index (χ1) is 9.74. The van der Waals surface area contributed by atoms with Crippen LogP contribution in [0.5, 0.6) is 0 Å². The lowest BCUT2D eigenvalue weighted by atomic mass is 10.2. The fraction of sp³-hybridized carbons (Fsp3) is 0.429. The van der Waals surface area contributed by atoms with E-state index in [9.17, 15) is 0 Å². The predicted octanol–water partition coefficient (Wildman–Crippen LogP) is 1.37. The summed E-state index contributed by atoms with van der Waals surface area (Å²) in [5.41, 5.74) is 2.34. The quantitative estimate of drug-likeness (QED) is 0.841. The maximum Gasteiger partial charge on any atom is 0.200 e. The summed E-state index contributed by atoms with van der Waals surface area (Å²) in [4.78, 5) is 1.59. The van der Waals surface area contributed by atoms with E-state index in [0.717, 1.165) is 18.1 Å². The van der Waals surface area contributed by atoms with E-state index in [1.54, 1.807) is 4.90 Å². The number of thioether (sulfide) groups is 1. The van der Waals surface area contributed by atoms with E-state index in [-0.39, 0.29) is 0 Å². The highest BCUT2D eigenvalue weighted by Gasteiger charge is 2.18. The van der Waals surface area contributed by atoms with Crippen LogP contribution in [0.3, 0.4) is 0 Å². The molecule has 2 N–H and O–H groups in total. The highest BCUT2D eigenvalue weighted by atomic mass is 32.2. The SMILES string of the molecule is Cc1cccc(-n2c(C[NH+]3CCSCC3)n[nH]c2=S)c1. The lowest BCUT2D eigenvalue weighted by Gasteiger charge is -2.22. The van der Waals surface area contributed by atoms with Gasteiger partial charge in [-0.3, -0.25) is 9.67 Å². The number of aryl methyl sites for hydroxylation is 1. The van der Waals surface area contributed by atoms with Gasteiger partial charge in [0.25, 0.3) is 0 Å². The molecule has 1 aromatic carbocycles. The van der Waals surface area contributed by atoms with Gasteiger partial charge in [0, 0.05) is 11.5 Å². The normalized spacial score (nSPS) is 16.4. The fourth-order valence-corrected chi connectivity index (χ4v) is 3.87. The van der Waals surface area contributed by atoms with E-state index in [0.29, 0.717) is 4.77 Å². The van der Waals surface area contributed by atoms with E-state index in [1.165, 1.54) is 30.2 Å². The third kappa shape index (κ3) is 2.97. The number of benzene rings is 1. The minimum Gasteiger partial charge on any atom is -0.327 e. The average Bonchev–Trinajstić information content (AvgIpc) is 2.81. The molecule has 0 aliphatic carbocycles. The van der Waals surface area contributed by atoms with Gasteiger partial charge in [-0.25, -0.2) is 0 Å². The Morgan fingerprint density at radius 2 is 2.20 bits per heavy atom. The number of aromatic nitrogens is 3. The molecule has 6 heteroatoms. The Bertz CT molecular complexity index is 641. The van der Waals surface area contributed by atoms with Crippen LogP contribution < -0.4 is 4.90 Å². The Morgan fingerprint density at radius 3 is 2.95 bits per heavy atom. The van der Waals surface area contributed by atoms with Gasteiger partial charge in [0.05, 0.1) is 18.8 Å². The molecule has 20 heavy (non-hydrogen) atoms. The highest BCUT2D eigenvalue weighted by Crippen LogP contribution is 2.12. The number of aromatic amines is 1. The van der Waals surface area contributed by atoms with Gasteiger partial charge in [-0.1, -0.05) is 12.1 Å². The molecule has 4 nitrogen and oxygen atoms in total. The van der Waals surface area contributed by atoms with E-state index < -0.39 is 0 Å². The van der Waals surface area contributed by atoms with Crippen LogP contribution in [-0.2, 0) is 6.54 Å². The number of nitrogens with one attached hydrogen (secondary N) is 2. The molecule has 0 spiro atoms. The Morgan fingerprint density at radius 1 is 1.40 bits per heavy atom. The third-order valence-electron chi connectivity index (χ3n) is 3.61. The second-order valence-electron chi connectivity index (χ2n) is 5.16. The minimum atomic E-state index is 0.677. The van der Waals surface area contributed by atoms with Crippen LogP contribution in [0.15, 0.2) is 24.3 Å². The molecule has 3 rings (SSSR count). The summed E-state index contributed by atoms with van der Waals surface area (Å²) < 4.78 is 2.74. The topological polar surface area (TPSA) is 38.0 Å². The molecule has 2 aromatic rings. The van der Waals surface area contributed by atoms with Gasteiger partial charge in [0.15, 0.2) is 10.6 Å². The Hall–Kier alpha value is -1.11. The molecule has 0 radical (unpaired) electrons. The molecule has 1 fully saturated rings. The molecule has 1 aromatic heterocycles. The molecule has 1 saturated heterocycles. The number of rotatable bonds is 3. The molecule has 0 amide bonds. The number of hydrogen-bond acceptors (Lipinski definition) is 3. The largest absolute Gasteiger partial charge is 0.327 e. The molecule has 0 unspecified atom stereocenters. The van der Waals surface area contributed by atoms with Crippen molar-refractivity contribution in [3.8, 4) is 5.69 Å². The van der Waals surface area contributed by atoms with Crippen LogP contribution in [-0.4, -0.2) is 39.4 Å². The van der Waals surface area contributed by atoms with Crippen molar-refractivity contribution in [1.82, 2.24) is 14.8 Å². The van der Waals surface area contributed by atoms with Crippen LogP contribution in [0.2, 0.25) is 0 Å². The molecule has 2 heterocycles. The van der Waals surface area contributed by atoms with Gasteiger partial charge in [0.1, 0.15) is 6.54 Å². The fourth-order valence-electron chi connectivity index (χ4n) is 2.54. The van der Waals surface area contributed by atoms with Gasteiger partial charge in [-0.05, 0) is 36.8 Å². The second-order valence-corrected chi connectivity index (χ2v) is 6.77. The van der Waals surface area contributed by atoms with Crippen molar-refractivity contribution in [2.75, 3.05) is 24.6 Å². The zero-order valence-corrected chi connectivity index (χ0v) is 13.2. The molecular weight excluding hydrogens is 288 g/mol.